The molecule has 1 N–H and O–H groups in total. The molecule has 0 bridgehead atoms. The second-order valence-electron chi connectivity index (χ2n) is 4.94. The molecule has 1 heterocycles. The monoisotopic (exact) mass is 287 g/mol. The molecule has 1 unspecified atom stereocenters. The van der Waals surface area contributed by atoms with Crippen molar-refractivity contribution >= 4 is 23.6 Å². The van der Waals surface area contributed by atoms with Crippen molar-refractivity contribution in [3.63, 3.8) is 0 Å². The molecule has 19 heavy (non-hydrogen) atoms. The van der Waals surface area contributed by atoms with Gasteiger partial charge < -0.3 is 15.1 Å². The van der Waals surface area contributed by atoms with Gasteiger partial charge in [-0.3, -0.25) is 9.59 Å². The summed E-state index contributed by atoms with van der Waals surface area (Å²) < 4.78 is 0. The van der Waals surface area contributed by atoms with Gasteiger partial charge in [-0.2, -0.15) is 11.8 Å². The van der Waals surface area contributed by atoms with Crippen LogP contribution in [-0.4, -0.2) is 72.9 Å². The van der Waals surface area contributed by atoms with E-state index in [9.17, 15) is 9.59 Å². The van der Waals surface area contributed by atoms with Gasteiger partial charge in [-0.15, -0.1) is 0 Å². The summed E-state index contributed by atoms with van der Waals surface area (Å²) in [5.41, 5.74) is 0. The van der Waals surface area contributed by atoms with E-state index in [-0.39, 0.29) is 17.9 Å². The number of nitrogens with one attached hydrogen (secondary N) is 1. The summed E-state index contributed by atoms with van der Waals surface area (Å²) in [4.78, 5) is 27.6. The zero-order valence-corrected chi connectivity index (χ0v) is 13.0. The summed E-state index contributed by atoms with van der Waals surface area (Å²) in [5, 5.41) is 3.23. The van der Waals surface area contributed by atoms with Gasteiger partial charge in [0.2, 0.25) is 0 Å². The molecule has 1 aliphatic heterocycles. The van der Waals surface area contributed by atoms with Crippen LogP contribution in [0.4, 0.5) is 0 Å². The first-order chi connectivity index (χ1) is 9.07. The Morgan fingerprint density at radius 2 is 2.11 bits per heavy atom. The maximum atomic E-state index is 12.2. The molecular formula is C13H25N3O2S. The zero-order chi connectivity index (χ0) is 14.3. The molecule has 1 rings (SSSR count). The summed E-state index contributed by atoms with van der Waals surface area (Å²) in [7, 11) is 1.72. The Labute approximate surface area is 120 Å². The third-order valence-electron chi connectivity index (χ3n) is 3.53. The molecule has 0 aromatic rings. The molecule has 5 nitrogen and oxygen atoms in total. The highest BCUT2D eigenvalue weighted by molar-refractivity contribution is 7.98. The maximum absolute atomic E-state index is 12.2. The average molecular weight is 287 g/mol. The molecule has 0 aromatic carbocycles. The first kappa shape index (κ1) is 16.3. The van der Waals surface area contributed by atoms with E-state index in [0.29, 0.717) is 13.1 Å². The van der Waals surface area contributed by atoms with Crippen LogP contribution < -0.4 is 5.32 Å². The SMILES string of the molecule is CSCCC(C)N(C)C(=O)C(=O)N1CCCNCC1. The van der Waals surface area contributed by atoms with Crippen LogP contribution in [0.5, 0.6) is 0 Å². The van der Waals surface area contributed by atoms with Gasteiger partial charge >= 0.3 is 11.8 Å². The predicted octanol–water partition coefficient (Wildman–Crippen LogP) is 0.408. The van der Waals surface area contributed by atoms with Crippen molar-refractivity contribution < 1.29 is 9.59 Å². The summed E-state index contributed by atoms with van der Waals surface area (Å²) in [6.45, 7) is 4.97. The lowest BCUT2D eigenvalue weighted by atomic mass is 10.2. The molecule has 110 valence electrons. The largest absolute Gasteiger partial charge is 0.335 e. The van der Waals surface area contributed by atoms with Gasteiger partial charge in [0.05, 0.1) is 0 Å². The lowest BCUT2D eigenvalue weighted by Gasteiger charge is -2.27. The van der Waals surface area contributed by atoms with Crippen molar-refractivity contribution in [1.82, 2.24) is 15.1 Å². The van der Waals surface area contributed by atoms with E-state index in [4.69, 9.17) is 0 Å². The zero-order valence-electron chi connectivity index (χ0n) is 12.1. The van der Waals surface area contributed by atoms with Crippen LogP contribution >= 0.6 is 11.8 Å². The first-order valence-corrected chi connectivity index (χ1v) is 8.23. The van der Waals surface area contributed by atoms with E-state index >= 15 is 0 Å². The number of carbonyl (C=O) groups is 2. The van der Waals surface area contributed by atoms with E-state index in [0.717, 1.165) is 31.7 Å². The molecule has 6 heteroatoms. The fourth-order valence-corrected chi connectivity index (χ4v) is 2.59. The highest BCUT2D eigenvalue weighted by atomic mass is 32.2. The fraction of sp³-hybridized carbons (Fsp3) is 0.846. The van der Waals surface area contributed by atoms with Crippen molar-refractivity contribution in [2.75, 3.05) is 45.2 Å². The van der Waals surface area contributed by atoms with Crippen LogP contribution in [0.25, 0.3) is 0 Å². The van der Waals surface area contributed by atoms with Gasteiger partial charge in [0, 0.05) is 32.7 Å². The molecule has 2 amide bonds. The van der Waals surface area contributed by atoms with Gasteiger partial charge in [0.15, 0.2) is 0 Å². The molecule has 1 aliphatic rings. The number of likely N-dealkylation sites (N-methyl/N-ethyl adjacent to an activating group) is 1. The Kier molecular flexibility index (Phi) is 7.23. The summed E-state index contributed by atoms with van der Waals surface area (Å²) in [6.07, 6.45) is 3.87. The minimum atomic E-state index is -0.379. The van der Waals surface area contributed by atoms with Gasteiger partial charge in [0.25, 0.3) is 0 Å². The van der Waals surface area contributed by atoms with Crippen molar-refractivity contribution in [1.29, 1.82) is 0 Å². The van der Waals surface area contributed by atoms with Crippen molar-refractivity contribution in [3.8, 4) is 0 Å². The standard InChI is InChI=1S/C13H25N3O2S/c1-11(5-10-19-3)15(2)12(17)13(18)16-8-4-6-14-7-9-16/h11,14H,4-10H2,1-3H3. The van der Waals surface area contributed by atoms with Gasteiger partial charge in [-0.05, 0) is 38.3 Å². The van der Waals surface area contributed by atoms with Crippen LogP contribution in [0.3, 0.4) is 0 Å². The number of hydrogen-bond donors (Lipinski definition) is 1. The molecule has 0 saturated carbocycles. The summed E-state index contributed by atoms with van der Waals surface area (Å²) in [6, 6.07) is 0.106. The lowest BCUT2D eigenvalue weighted by Crippen LogP contribution is -2.47. The molecule has 0 aliphatic carbocycles. The number of nitrogens with zero attached hydrogens (tertiary/aromatic N) is 2. The van der Waals surface area contributed by atoms with Crippen molar-refractivity contribution in [2.45, 2.75) is 25.8 Å². The topological polar surface area (TPSA) is 52.7 Å². The highest BCUT2D eigenvalue weighted by Crippen LogP contribution is 2.08. The molecule has 1 atom stereocenters. The number of carbonyl (C=O) groups excluding carboxylic acids is 2. The van der Waals surface area contributed by atoms with Crippen molar-refractivity contribution in [2.24, 2.45) is 0 Å². The Hall–Kier alpha value is -0.750. The fourth-order valence-electron chi connectivity index (χ4n) is 2.02. The molecule has 1 saturated heterocycles. The van der Waals surface area contributed by atoms with Crippen LogP contribution in [0, 0.1) is 0 Å². The Morgan fingerprint density at radius 3 is 2.79 bits per heavy atom. The summed E-state index contributed by atoms with van der Waals surface area (Å²) in [5.74, 6) is 0.262. The average Bonchev–Trinajstić information content (AvgIpc) is 2.71. The van der Waals surface area contributed by atoms with E-state index in [1.165, 1.54) is 0 Å². The Bertz CT molecular complexity index is 304. The minimum absolute atomic E-state index is 0.106. The van der Waals surface area contributed by atoms with Crippen LogP contribution in [-0.2, 0) is 9.59 Å². The Morgan fingerprint density at radius 1 is 1.37 bits per heavy atom. The van der Waals surface area contributed by atoms with Gasteiger partial charge in [0.1, 0.15) is 0 Å². The third kappa shape index (κ3) is 5.03. The van der Waals surface area contributed by atoms with Crippen LogP contribution in [0.2, 0.25) is 0 Å². The quantitative estimate of drug-likeness (QED) is 0.761. The number of thioether (sulfide) groups is 1. The highest BCUT2D eigenvalue weighted by Gasteiger charge is 2.27. The van der Waals surface area contributed by atoms with E-state index in [1.807, 2.05) is 13.2 Å². The Balaban J connectivity index is 2.52. The predicted molar refractivity (Wildman–Crippen MR) is 79.3 cm³/mol. The van der Waals surface area contributed by atoms with E-state index in [1.54, 1.807) is 28.6 Å². The number of rotatable bonds is 4. The van der Waals surface area contributed by atoms with Crippen LogP contribution in [0.15, 0.2) is 0 Å². The van der Waals surface area contributed by atoms with Gasteiger partial charge in [-0.1, -0.05) is 0 Å². The molecule has 0 aromatic heterocycles. The minimum Gasteiger partial charge on any atom is -0.335 e. The second kappa shape index (κ2) is 8.43. The smallest absolute Gasteiger partial charge is 0.312 e. The normalized spacial score (nSPS) is 17.7. The van der Waals surface area contributed by atoms with E-state index in [2.05, 4.69) is 5.32 Å². The molecule has 0 spiro atoms. The second-order valence-corrected chi connectivity index (χ2v) is 5.93. The third-order valence-corrected chi connectivity index (χ3v) is 4.18. The molecule has 1 fully saturated rings. The number of amides is 2. The lowest BCUT2D eigenvalue weighted by molar-refractivity contribution is -0.152. The maximum Gasteiger partial charge on any atom is 0.312 e. The first-order valence-electron chi connectivity index (χ1n) is 6.83. The molecule has 0 radical (unpaired) electrons. The molecular weight excluding hydrogens is 262 g/mol. The van der Waals surface area contributed by atoms with Gasteiger partial charge in [-0.25, -0.2) is 0 Å². The number of hydrogen-bond acceptors (Lipinski definition) is 4. The van der Waals surface area contributed by atoms with Crippen molar-refractivity contribution in [3.05, 3.63) is 0 Å². The van der Waals surface area contributed by atoms with E-state index < -0.39 is 0 Å². The summed E-state index contributed by atoms with van der Waals surface area (Å²) >= 11 is 1.76. The van der Waals surface area contributed by atoms with Crippen LogP contribution in [0.1, 0.15) is 19.8 Å².